The van der Waals surface area contributed by atoms with Gasteiger partial charge in [-0.15, -0.1) is 0 Å². The van der Waals surface area contributed by atoms with Gasteiger partial charge in [-0.1, -0.05) is 98.5 Å². The van der Waals surface area contributed by atoms with Gasteiger partial charge in [0, 0.05) is 57.1 Å². The molecule has 6 aliphatic heterocycles. The first kappa shape index (κ1) is 71.1. The monoisotopic (exact) mass is 1310 g/mol. The van der Waals surface area contributed by atoms with Crippen molar-refractivity contribution in [2.75, 3.05) is 32.8 Å². The maximum atomic E-state index is 14.1. The average molecular weight is 1310 g/mol. The summed E-state index contributed by atoms with van der Waals surface area (Å²) >= 11 is 5.41. The molecule has 0 bridgehead atoms. The van der Waals surface area contributed by atoms with Crippen LogP contribution in [0, 0.1) is 11.8 Å². The van der Waals surface area contributed by atoms with Crippen LogP contribution in [-0.2, 0) is 68.9 Å². The molecule has 2 aliphatic carbocycles. The fourth-order valence-electron chi connectivity index (χ4n) is 13.1. The second kappa shape index (κ2) is 31.0. The third-order valence-electron chi connectivity index (χ3n) is 18.1. The Morgan fingerprint density at radius 2 is 1.10 bits per heavy atom. The summed E-state index contributed by atoms with van der Waals surface area (Å²) in [6.07, 6.45) is 16.3. The van der Waals surface area contributed by atoms with Crippen LogP contribution in [0.3, 0.4) is 0 Å². The van der Waals surface area contributed by atoms with Gasteiger partial charge in [0.25, 0.3) is 0 Å². The Morgan fingerprint density at radius 1 is 0.634 bits per heavy atom. The molecular formula is C68H95ClN10O14. The SMILES string of the molecule is CC(C)(C)OC(=O)N[C@H]1CCCCC/C=C\[C@@H]2C[C@@]2(C(=O)O)NC(=O)[C@@H]2C[C@@H](NC(=O)N3CCc4ccccc4C3)CN2C1=O.CCOC(=O)[C@@]12C[C@H]1/C=C\CCCCC[C@H](NC(=O)OC(C)(C)C)C(=O)N1C[C@H](N)C[C@H]1C(=O)N2.O=C(Cl)N1CCc2ccccc2C1. The first-order valence-electron chi connectivity index (χ1n) is 33.0. The topological polar surface area (TPSA) is 318 Å². The fourth-order valence-corrected chi connectivity index (χ4v) is 13.2. The number of esters is 1. The first-order chi connectivity index (χ1) is 44.1. The van der Waals surface area contributed by atoms with E-state index in [-0.39, 0.29) is 74.1 Å². The van der Waals surface area contributed by atoms with Crippen molar-refractivity contribution in [1.82, 2.24) is 46.2 Å². The molecule has 8 aliphatic rings. The van der Waals surface area contributed by atoms with Crippen LogP contribution in [0.25, 0.3) is 0 Å². The zero-order chi connectivity index (χ0) is 67.4. The number of nitrogens with zero attached hydrogens (tertiary/aromatic N) is 4. The molecule has 10 rings (SSSR count). The standard InChI is InChI=1S/C33H45N5O7.C25H40N4O6.C10H10ClNO/c1-32(2,3)45-31(44)35-25-14-8-6-4-5-7-13-23-18-33(23,29(41)42)36-27(39)26-17-24(20-38(26)28(25)40)34-30(43)37-16-15-21-11-9-10-12-22(21)19-37;1-5-34-22(32)25-14-16(25)11-9-7-6-8-10-12-18(27-23(33)35-24(2,3)4)21(31)29-15-17(26)13-19(29)20(30)28-25;11-10(13)12-6-5-8-3-1-2-4-9(8)7-12/h7,9-13,23-26H,4-6,8,14-20H2,1-3H3,(H,34,43)(H,35,44)(H,36,39)(H,41,42);9,11,16-19H,5-8,10,12-15,26H2,1-4H3,(H,27,33)(H,28,30);1-4H,5-7H2/b13-7-;11-9-;/t23-,24-,25+,26+,33-;16-,17-,18+,19+,25-;/m11./s1. The van der Waals surface area contributed by atoms with Crippen LogP contribution in [0.5, 0.6) is 0 Å². The van der Waals surface area contributed by atoms with Crippen LogP contribution in [0.15, 0.2) is 72.8 Å². The smallest absolute Gasteiger partial charge is 0.408 e. The number of aliphatic carboxylic acids is 1. The van der Waals surface area contributed by atoms with E-state index in [1.807, 2.05) is 60.7 Å². The number of carboxylic acids is 1. The molecule has 2 aromatic carbocycles. The number of hydrogen-bond donors (Lipinski definition) is 7. The van der Waals surface area contributed by atoms with Crippen LogP contribution < -0.4 is 32.3 Å². The van der Waals surface area contributed by atoms with Crippen molar-refractivity contribution < 1.29 is 67.3 Å². The lowest BCUT2D eigenvalue weighted by molar-refractivity contribution is -0.150. The number of carbonyl (C=O) groups is 10. The van der Waals surface area contributed by atoms with Crippen LogP contribution in [0.4, 0.5) is 19.2 Å². The van der Waals surface area contributed by atoms with E-state index in [0.717, 1.165) is 69.9 Å². The number of hydrogen-bond acceptors (Lipinski definition) is 14. The Balaban J connectivity index is 0.000000204. The van der Waals surface area contributed by atoms with Gasteiger partial charge >= 0.3 is 35.5 Å². The molecule has 0 aromatic heterocycles. The van der Waals surface area contributed by atoms with Crippen molar-refractivity contribution in [2.45, 2.75) is 223 Å². The molecule has 508 valence electrons. The molecule has 10 atom stereocenters. The molecular weight excluding hydrogens is 1220 g/mol. The van der Waals surface area contributed by atoms with E-state index < -0.39 is 94.3 Å². The average Bonchev–Trinajstić information content (AvgIpc) is 1.61. The van der Waals surface area contributed by atoms with Crippen molar-refractivity contribution in [3.05, 3.63) is 95.1 Å². The highest BCUT2D eigenvalue weighted by Crippen LogP contribution is 2.47. The number of fused-ring (bicyclic) bond motifs is 6. The van der Waals surface area contributed by atoms with Gasteiger partial charge in [0.15, 0.2) is 0 Å². The van der Waals surface area contributed by atoms with E-state index in [1.165, 1.54) is 26.5 Å². The molecule has 25 heteroatoms. The number of alkyl carbamates (subject to hydrolysis) is 2. The van der Waals surface area contributed by atoms with Crippen molar-refractivity contribution in [1.29, 1.82) is 0 Å². The lowest BCUT2D eigenvalue weighted by atomic mass is 10.0. The summed E-state index contributed by atoms with van der Waals surface area (Å²) < 4.78 is 16.1. The van der Waals surface area contributed by atoms with Crippen LogP contribution in [0.2, 0.25) is 0 Å². The number of nitrogens with one attached hydrogen (secondary N) is 5. The minimum Gasteiger partial charge on any atom is -0.479 e. The normalized spacial score (nSPS) is 28.7. The maximum Gasteiger partial charge on any atom is 0.408 e. The summed E-state index contributed by atoms with van der Waals surface area (Å²) in [4.78, 5) is 136. The Bertz CT molecular complexity index is 3150. The predicted molar refractivity (Wildman–Crippen MR) is 346 cm³/mol. The molecule has 9 amide bonds. The number of amides is 9. The minimum atomic E-state index is -1.43. The number of halogens is 1. The summed E-state index contributed by atoms with van der Waals surface area (Å²) in [6, 6.07) is 11.3. The lowest BCUT2D eigenvalue weighted by Gasteiger charge is -2.30. The van der Waals surface area contributed by atoms with E-state index in [2.05, 4.69) is 38.7 Å². The fraction of sp³-hybridized carbons (Fsp3) is 0.618. The first-order valence-corrected chi connectivity index (χ1v) is 33.3. The Morgan fingerprint density at radius 3 is 1.60 bits per heavy atom. The quantitative estimate of drug-likeness (QED) is 0.0492. The van der Waals surface area contributed by atoms with Gasteiger partial charge < -0.3 is 71.2 Å². The van der Waals surface area contributed by atoms with Gasteiger partial charge in [0.1, 0.15) is 46.4 Å². The molecule has 6 heterocycles. The highest BCUT2D eigenvalue weighted by molar-refractivity contribution is 6.62. The second-order valence-electron chi connectivity index (χ2n) is 27.6. The van der Waals surface area contributed by atoms with Gasteiger partial charge in [-0.05, 0) is 159 Å². The van der Waals surface area contributed by atoms with Crippen molar-refractivity contribution >= 4 is 70.8 Å². The summed E-state index contributed by atoms with van der Waals surface area (Å²) in [5.41, 5.74) is 6.96. The van der Waals surface area contributed by atoms with E-state index in [0.29, 0.717) is 45.3 Å². The van der Waals surface area contributed by atoms with Crippen LogP contribution in [-0.4, -0.2) is 175 Å². The second-order valence-corrected chi connectivity index (χ2v) is 27.9. The predicted octanol–water partition coefficient (Wildman–Crippen LogP) is 7.27. The zero-order valence-corrected chi connectivity index (χ0v) is 55.6. The van der Waals surface area contributed by atoms with E-state index in [4.69, 9.17) is 31.5 Å². The summed E-state index contributed by atoms with van der Waals surface area (Å²) in [6.45, 7) is 15.0. The van der Waals surface area contributed by atoms with Gasteiger partial charge in [0.05, 0.1) is 12.6 Å². The number of nitrogens with two attached hydrogens (primary N) is 1. The number of benzene rings is 2. The molecule has 2 aromatic rings. The van der Waals surface area contributed by atoms with E-state index in [9.17, 15) is 53.1 Å². The molecule has 0 spiro atoms. The van der Waals surface area contributed by atoms with Crippen molar-refractivity contribution in [2.24, 2.45) is 17.6 Å². The third kappa shape index (κ3) is 19.0. The van der Waals surface area contributed by atoms with Gasteiger partial charge in [-0.2, -0.15) is 0 Å². The van der Waals surface area contributed by atoms with E-state index in [1.54, 1.807) is 58.3 Å². The summed E-state index contributed by atoms with van der Waals surface area (Å²) in [7, 11) is 0. The molecule has 93 heavy (non-hydrogen) atoms. The maximum absolute atomic E-state index is 14.1. The Hall–Kier alpha value is -7.73. The van der Waals surface area contributed by atoms with Gasteiger partial charge in [-0.25, -0.2) is 24.0 Å². The summed E-state index contributed by atoms with van der Waals surface area (Å²) in [5, 5.41) is 23.8. The zero-order valence-electron chi connectivity index (χ0n) is 54.8. The van der Waals surface area contributed by atoms with Crippen LogP contribution >= 0.6 is 11.6 Å². The highest BCUT2D eigenvalue weighted by Gasteiger charge is 2.63. The van der Waals surface area contributed by atoms with Gasteiger partial charge in [0.2, 0.25) is 23.6 Å². The number of rotatable bonds is 6. The number of carbonyl (C=O) groups excluding carboxylic acids is 9. The molecule has 8 N–H and O–H groups in total. The van der Waals surface area contributed by atoms with Crippen LogP contribution in [0.1, 0.15) is 161 Å². The molecule has 0 unspecified atom stereocenters. The largest absolute Gasteiger partial charge is 0.479 e. The van der Waals surface area contributed by atoms with Crippen molar-refractivity contribution in [3.8, 4) is 0 Å². The molecule has 4 fully saturated rings. The highest BCUT2D eigenvalue weighted by atomic mass is 35.5. The Kier molecular flexibility index (Phi) is 23.7. The number of urea groups is 1. The molecule has 2 saturated carbocycles. The number of allylic oxidation sites excluding steroid dienone is 2. The molecule has 24 nitrogen and oxygen atoms in total. The lowest BCUT2D eigenvalue weighted by Crippen LogP contribution is -2.56. The van der Waals surface area contributed by atoms with Crippen molar-refractivity contribution in [3.63, 3.8) is 0 Å². The number of ether oxygens (including phenoxy) is 3. The van der Waals surface area contributed by atoms with Gasteiger partial charge in [-0.3, -0.25) is 24.0 Å². The third-order valence-corrected chi connectivity index (χ3v) is 18.4. The summed E-state index contributed by atoms with van der Waals surface area (Å²) in [5.74, 6) is -3.91. The Labute approximate surface area is 550 Å². The number of carboxylic acid groups (broad SMARTS) is 1. The molecule has 0 radical (unpaired) electrons. The van der Waals surface area contributed by atoms with E-state index >= 15 is 0 Å². The minimum absolute atomic E-state index is 0.0446. The molecule has 2 saturated heterocycles.